The zero-order chi connectivity index (χ0) is 21.5. The van der Waals surface area contributed by atoms with Gasteiger partial charge in [-0.1, -0.05) is 48.2 Å². The van der Waals surface area contributed by atoms with Crippen LogP contribution in [0.3, 0.4) is 0 Å². The first-order valence-corrected chi connectivity index (χ1v) is 10.7. The van der Waals surface area contributed by atoms with Crippen LogP contribution >= 0.6 is 11.8 Å². The number of nitrogens with one attached hydrogen (secondary N) is 1. The largest absolute Gasteiger partial charge is 0.483 e. The molecule has 1 N–H and O–H groups in total. The highest BCUT2D eigenvalue weighted by Gasteiger charge is 2.20. The van der Waals surface area contributed by atoms with E-state index in [0.717, 1.165) is 22.6 Å². The standard InChI is InChI=1S/C23H26N4O2S/c1-5-14-27-22(18(4)29-19-11-7-6-8-12-19)25-26-23(27)30-15-21(28)24-20-13-9-10-16(2)17(20)3/h5-13,18H,1,14-15H2,2-4H3,(H,24,28)/t18-/m1/s1. The molecular weight excluding hydrogens is 396 g/mol. The molecule has 0 bridgehead atoms. The summed E-state index contributed by atoms with van der Waals surface area (Å²) in [5.74, 6) is 1.60. The van der Waals surface area contributed by atoms with E-state index < -0.39 is 0 Å². The van der Waals surface area contributed by atoms with Gasteiger partial charge in [-0.05, 0) is 50.1 Å². The van der Waals surface area contributed by atoms with Crippen molar-refractivity contribution in [2.24, 2.45) is 0 Å². The molecule has 0 saturated carbocycles. The highest BCUT2D eigenvalue weighted by atomic mass is 32.2. The molecular formula is C23H26N4O2S. The Kier molecular flexibility index (Phi) is 7.30. The highest BCUT2D eigenvalue weighted by molar-refractivity contribution is 7.99. The second-order valence-corrected chi connectivity index (χ2v) is 7.84. The van der Waals surface area contributed by atoms with E-state index in [1.54, 1.807) is 6.08 Å². The molecule has 30 heavy (non-hydrogen) atoms. The summed E-state index contributed by atoms with van der Waals surface area (Å²) in [6, 6.07) is 15.5. The fourth-order valence-corrected chi connectivity index (χ4v) is 3.72. The van der Waals surface area contributed by atoms with Crippen molar-refractivity contribution in [3.05, 3.63) is 78.1 Å². The van der Waals surface area contributed by atoms with Gasteiger partial charge in [-0.25, -0.2) is 0 Å². The maximum absolute atomic E-state index is 12.5. The van der Waals surface area contributed by atoms with Crippen LogP contribution in [0.1, 0.15) is 30.0 Å². The highest BCUT2D eigenvalue weighted by Crippen LogP contribution is 2.25. The summed E-state index contributed by atoms with van der Waals surface area (Å²) in [7, 11) is 0. The minimum Gasteiger partial charge on any atom is -0.483 e. The molecule has 1 amide bonds. The van der Waals surface area contributed by atoms with Crippen LogP contribution in [-0.4, -0.2) is 26.4 Å². The van der Waals surface area contributed by atoms with Crippen molar-refractivity contribution in [3.8, 4) is 5.75 Å². The molecule has 1 heterocycles. The molecule has 7 heteroatoms. The van der Waals surface area contributed by atoms with E-state index in [2.05, 4.69) is 22.1 Å². The molecule has 0 spiro atoms. The number of para-hydroxylation sites is 1. The summed E-state index contributed by atoms with van der Waals surface area (Å²) in [4.78, 5) is 12.5. The predicted molar refractivity (Wildman–Crippen MR) is 121 cm³/mol. The maximum atomic E-state index is 12.5. The number of amides is 1. The quantitative estimate of drug-likeness (QED) is 0.390. The van der Waals surface area contributed by atoms with Crippen molar-refractivity contribution in [1.29, 1.82) is 0 Å². The van der Waals surface area contributed by atoms with Gasteiger partial charge in [-0.3, -0.25) is 9.36 Å². The third kappa shape index (κ3) is 5.30. The molecule has 1 aromatic heterocycles. The molecule has 0 unspecified atom stereocenters. The van der Waals surface area contributed by atoms with Crippen LogP contribution in [0.4, 0.5) is 5.69 Å². The van der Waals surface area contributed by atoms with Crippen molar-refractivity contribution in [3.63, 3.8) is 0 Å². The number of ether oxygens (including phenoxy) is 1. The lowest BCUT2D eigenvalue weighted by molar-refractivity contribution is -0.113. The Morgan fingerprint density at radius 3 is 2.70 bits per heavy atom. The predicted octanol–water partition coefficient (Wildman–Crippen LogP) is 4.95. The van der Waals surface area contributed by atoms with E-state index in [4.69, 9.17) is 4.74 Å². The Morgan fingerprint density at radius 2 is 1.97 bits per heavy atom. The third-order valence-electron chi connectivity index (χ3n) is 4.69. The van der Waals surface area contributed by atoms with E-state index in [1.165, 1.54) is 11.8 Å². The number of carbonyl (C=O) groups excluding carboxylic acids is 1. The number of allylic oxidation sites excluding steroid dienone is 1. The lowest BCUT2D eigenvalue weighted by atomic mass is 10.1. The average molecular weight is 423 g/mol. The first-order valence-electron chi connectivity index (χ1n) is 9.74. The van der Waals surface area contributed by atoms with Gasteiger partial charge >= 0.3 is 0 Å². The number of carbonyl (C=O) groups is 1. The molecule has 156 valence electrons. The number of aromatic nitrogens is 3. The van der Waals surface area contributed by atoms with Crippen molar-refractivity contribution in [2.75, 3.05) is 11.1 Å². The van der Waals surface area contributed by atoms with Crippen molar-refractivity contribution in [1.82, 2.24) is 14.8 Å². The van der Waals surface area contributed by atoms with E-state index in [0.29, 0.717) is 17.5 Å². The van der Waals surface area contributed by atoms with E-state index >= 15 is 0 Å². The normalized spacial score (nSPS) is 11.7. The minimum atomic E-state index is -0.294. The fraction of sp³-hybridized carbons (Fsp3) is 0.261. The Bertz CT molecular complexity index is 1020. The lowest BCUT2D eigenvalue weighted by Gasteiger charge is -2.15. The smallest absolute Gasteiger partial charge is 0.234 e. The van der Waals surface area contributed by atoms with E-state index in [9.17, 15) is 4.79 Å². The number of thioether (sulfide) groups is 1. The molecule has 0 radical (unpaired) electrons. The number of hydrogen-bond donors (Lipinski definition) is 1. The van der Waals surface area contributed by atoms with Gasteiger partial charge in [0.1, 0.15) is 5.75 Å². The molecule has 0 fully saturated rings. The number of rotatable bonds is 9. The zero-order valence-corrected chi connectivity index (χ0v) is 18.3. The average Bonchev–Trinajstić information content (AvgIpc) is 3.14. The second-order valence-electron chi connectivity index (χ2n) is 6.90. The molecule has 2 aromatic carbocycles. The summed E-state index contributed by atoms with van der Waals surface area (Å²) >= 11 is 1.34. The topological polar surface area (TPSA) is 69.0 Å². The van der Waals surface area contributed by atoms with Gasteiger partial charge in [0, 0.05) is 12.2 Å². The molecule has 0 saturated heterocycles. The van der Waals surface area contributed by atoms with Crippen LogP contribution in [0.5, 0.6) is 5.75 Å². The first kappa shape index (κ1) is 21.6. The van der Waals surface area contributed by atoms with Crippen LogP contribution in [0.15, 0.2) is 66.3 Å². The molecule has 0 aliphatic heterocycles. The van der Waals surface area contributed by atoms with Crippen LogP contribution in [-0.2, 0) is 11.3 Å². The SMILES string of the molecule is C=CCn1c(SCC(=O)Nc2cccc(C)c2C)nnc1[C@@H](C)Oc1ccccc1. The molecule has 3 rings (SSSR count). The number of hydrogen-bond acceptors (Lipinski definition) is 5. The van der Waals surface area contributed by atoms with Crippen molar-refractivity contribution >= 4 is 23.4 Å². The minimum absolute atomic E-state index is 0.0861. The van der Waals surface area contributed by atoms with Crippen molar-refractivity contribution < 1.29 is 9.53 Å². The molecule has 1 atom stereocenters. The number of benzene rings is 2. The number of anilines is 1. The summed E-state index contributed by atoms with van der Waals surface area (Å²) in [6.07, 6.45) is 1.49. The van der Waals surface area contributed by atoms with Crippen LogP contribution in [0.2, 0.25) is 0 Å². The number of aryl methyl sites for hydroxylation is 1. The molecule has 3 aromatic rings. The van der Waals surface area contributed by atoms with Gasteiger partial charge in [-0.15, -0.1) is 16.8 Å². The summed E-state index contributed by atoms with van der Waals surface area (Å²) < 4.78 is 7.91. The summed E-state index contributed by atoms with van der Waals surface area (Å²) in [5.41, 5.74) is 3.04. The Balaban J connectivity index is 1.67. The van der Waals surface area contributed by atoms with Gasteiger partial charge in [0.2, 0.25) is 5.91 Å². The first-order chi connectivity index (χ1) is 14.5. The van der Waals surface area contributed by atoms with E-state index in [1.807, 2.05) is 73.9 Å². The van der Waals surface area contributed by atoms with Gasteiger partial charge in [-0.2, -0.15) is 0 Å². The van der Waals surface area contributed by atoms with Gasteiger partial charge in [0.25, 0.3) is 0 Å². The number of nitrogens with zero attached hydrogens (tertiary/aromatic N) is 3. The van der Waals surface area contributed by atoms with E-state index in [-0.39, 0.29) is 17.8 Å². The van der Waals surface area contributed by atoms with Gasteiger partial charge in [0.15, 0.2) is 17.1 Å². The Labute approximate surface area is 181 Å². The van der Waals surface area contributed by atoms with Crippen molar-refractivity contribution in [2.45, 2.75) is 38.6 Å². The lowest BCUT2D eigenvalue weighted by Crippen LogP contribution is -2.16. The van der Waals surface area contributed by atoms with Gasteiger partial charge in [0.05, 0.1) is 5.75 Å². The maximum Gasteiger partial charge on any atom is 0.234 e. The van der Waals surface area contributed by atoms with Crippen LogP contribution < -0.4 is 10.1 Å². The Hall–Kier alpha value is -3.06. The monoisotopic (exact) mass is 422 g/mol. The zero-order valence-electron chi connectivity index (χ0n) is 17.5. The van der Waals surface area contributed by atoms with Gasteiger partial charge < -0.3 is 10.1 Å². The molecule has 6 nitrogen and oxygen atoms in total. The van der Waals surface area contributed by atoms with Crippen LogP contribution in [0, 0.1) is 13.8 Å². The third-order valence-corrected chi connectivity index (χ3v) is 5.65. The second kappa shape index (κ2) is 10.1. The Morgan fingerprint density at radius 1 is 1.20 bits per heavy atom. The fourth-order valence-electron chi connectivity index (χ4n) is 2.97. The summed E-state index contributed by atoms with van der Waals surface area (Å²) in [5, 5.41) is 12.2. The molecule has 0 aliphatic rings. The van der Waals surface area contributed by atoms with Crippen LogP contribution in [0.25, 0.3) is 0 Å². The summed E-state index contributed by atoms with van der Waals surface area (Å²) in [6.45, 7) is 10.3. The molecule has 0 aliphatic carbocycles.